The van der Waals surface area contributed by atoms with Gasteiger partial charge in [0.25, 0.3) is 0 Å². The summed E-state index contributed by atoms with van der Waals surface area (Å²) in [5.41, 5.74) is 2.87. The van der Waals surface area contributed by atoms with Crippen LogP contribution in [-0.4, -0.2) is 24.2 Å². The van der Waals surface area contributed by atoms with E-state index >= 15 is 0 Å². The molecule has 0 aliphatic heterocycles. The first kappa shape index (κ1) is 15.7. The van der Waals surface area contributed by atoms with Gasteiger partial charge in [0.05, 0.1) is 6.61 Å². The number of pyridine rings is 1. The highest BCUT2D eigenvalue weighted by Gasteiger charge is 2.16. The minimum Gasteiger partial charge on any atom is -0.465 e. The maximum atomic E-state index is 11.3. The Morgan fingerprint density at radius 3 is 2.75 bits per heavy atom. The lowest BCUT2D eigenvalue weighted by molar-refractivity contribution is -0.145. The molecule has 5 nitrogen and oxygen atoms in total. The van der Waals surface area contributed by atoms with Crippen molar-refractivity contribution < 1.29 is 14.3 Å². The minimum atomic E-state index is -0.483. The molecule has 0 fully saturated rings. The van der Waals surface area contributed by atoms with Gasteiger partial charge in [-0.15, -0.1) is 6.58 Å². The average Bonchev–Trinajstić information content (AvgIpc) is 2.41. The quantitative estimate of drug-likeness (QED) is 0.587. The number of carbonyl (C=O) groups excluding carboxylic acids is 1. The van der Waals surface area contributed by atoms with Gasteiger partial charge in [0.2, 0.25) is 5.88 Å². The fourth-order valence-corrected chi connectivity index (χ4v) is 1.87. The summed E-state index contributed by atoms with van der Waals surface area (Å²) in [4.78, 5) is 15.5. The highest BCUT2D eigenvalue weighted by Crippen LogP contribution is 2.25. The zero-order valence-corrected chi connectivity index (χ0v) is 12.0. The standard InChI is InChI=1S/C15H18N2O3/c1-5-7-12-10(3)13(8-16)15(17-11(12)4)20-9-14(18)19-6-2/h5H,1,6-7,9H2,2-4H3. The first-order chi connectivity index (χ1) is 9.54. The van der Waals surface area contributed by atoms with Crippen LogP contribution in [0.25, 0.3) is 0 Å². The van der Waals surface area contributed by atoms with Crippen molar-refractivity contribution in [3.63, 3.8) is 0 Å². The van der Waals surface area contributed by atoms with Crippen molar-refractivity contribution in [2.45, 2.75) is 27.2 Å². The Bertz CT molecular complexity index is 559. The van der Waals surface area contributed by atoms with E-state index in [4.69, 9.17) is 9.47 Å². The number of allylic oxidation sites excluding steroid dienone is 1. The van der Waals surface area contributed by atoms with Gasteiger partial charge in [0.1, 0.15) is 11.6 Å². The molecule has 0 aliphatic rings. The van der Waals surface area contributed by atoms with E-state index in [1.54, 1.807) is 13.0 Å². The van der Waals surface area contributed by atoms with E-state index < -0.39 is 5.97 Å². The maximum absolute atomic E-state index is 11.3. The molecule has 20 heavy (non-hydrogen) atoms. The molecule has 0 spiro atoms. The number of carbonyl (C=O) groups is 1. The minimum absolute atomic E-state index is 0.170. The van der Waals surface area contributed by atoms with Crippen LogP contribution in [0, 0.1) is 25.2 Å². The van der Waals surface area contributed by atoms with Gasteiger partial charge in [0.15, 0.2) is 6.61 Å². The zero-order valence-electron chi connectivity index (χ0n) is 12.0. The third-order valence-corrected chi connectivity index (χ3v) is 2.84. The van der Waals surface area contributed by atoms with Crippen molar-refractivity contribution in [3.8, 4) is 11.9 Å². The predicted octanol–water partition coefficient (Wildman–Crippen LogP) is 2.24. The van der Waals surface area contributed by atoms with Crippen LogP contribution in [0.15, 0.2) is 12.7 Å². The maximum Gasteiger partial charge on any atom is 0.344 e. The summed E-state index contributed by atoms with van der Waals surface area (Å²) in [6.07, 6.45) is 2.40. The average molecular weight is 274 g/mol. The molecule has 0 saturated carbocycles. The highest BCUT2D eigenvalue weighted by atomic mass is 16.6. The second kappa shape index (κ2) is 7.29. The molecule has 0 bridgehead atoms. The summed E-state index contributed by atoms with van der Waals surface area (Å²) < 4.78 is 10.1. The van der Waals surface area contributed by atoms with E-state index in [2.05, 4.69) is 17.6 Å². The molecule has 0 radical (unpaired) electrons. The Labute approximate surface area is 118 Å². The Balaban J connectivity index is 3.06. The molecule has 0 aliphatic carbocycles. The van der Waals surface area contributed by atoms with Crippen molar-refractivity contribution in [2.24, 2.45) is 0 Å². The SMILES string of the molecule is C=CCc1c(C)nc(OCC(=O)OCC)c(C#N)c1C. The van der Waals surface area contributed by atoms with Crippen molar-refractivity contribution in [3.05, 3.63) is 35.0 Å². The van der Waals surface area contributed by atoms with E-state index in [-0.39, 0.29) is 19.1 Å². The molecule has 0 amide bonds. The summed E-state index contributed by atoms with van der Waals surface area (Å²) in [5, 5.41) is 9.24. The number of nitriles is 1. The molecular weight excluding hydrogens is 256 g/mol. The van der Waals surface area contributed by atoms with Crippen molar-refractivity contribution in [1.29, 1.82) is 5.26 Å². The third kappa shape index (κ3) is 3.58. The van der Waals surface area contributed by atoms with Crippen LogP contribution in [0.3, 0.4) is 0 Å². The molecule has 5 heteroatoms. The molecule has 1 rings (SSSR count). The fourth-order valence-electron chi connectivity index (χ4n) is 1.87. The van der Waals surface area contributed by atoms with Crippen molar-refractivity contribution >= 4 is 5.97 Å². The number of aromatic nitrogens is 1. The molecule has 1 heterocycles. The monoisotopic (exact) mass is 274 g/mol. The second-order valence-corrected chi connectivity index (χ2v) is 4.18. The fraction of sp³-hybridized carbons (Fsp3) is 0.400. The molecule has 0 saturated heterocycles. The largest absolute Gasteiger partial charge is 0.465 e. The lowest BCUT2D eigenvalue weighted by Gasteiger charge is -2.13. The summed E-state index contributed by atoms with van der Waals surface area (Å²) in [6, 6.07) is 2.07. The molecule has 1 aromatic rings. The first-order valence-corrected chi connectivity index (χ1v) is 6.34. The van der Waals surface area contributed by atoms with Gasteiger partial charge in [-0.1, -0.05) is 6.08 Å². The van der Waals surface area contributed by atoms with Crippen LogP contribution in [0.5, 0.6) is 5.88 Å². The Hall–Kier alpha value is -2.35. The Morgan fingerprint density at radius 1 is 1.50 bits per heavy atom. The van der Waals surface area contributed by atoms with Gasteiger partial charge in [-0.2, -0.15) is 5.26 Å². The van der Waals surface area contributed by atoms with Gasteiger partial charge in [-0.05, 0) is 38.3 Å². The van der Waals surface area contributed by atoms with Crippen LogP contribution in [0.4, 0.5) is 0 Å². The van der Waals surface area contributed by atoms with E-state index in [1.165, 1.54) is 0 Å². The number of ether oxygens (including phenoxy) is 2. The molecule has 1 aromatic heterocycles. The van der Waals surface area contributed by atoms with Crippen molar-refractivity contribution in [2.75, 3.05) is 13.2 Å². The number of esters is 1. The van der Waals surface area contributed by atoms with Crippen LogP contribution < -0.4 is 4.74 Å². The summed E-state index contributed by atoms with van der Waals surface area (Å²) in [6.45, 7) is 9.12. The van der Waals surface area contributed by atoms with E-state index in [0.29, 0.717) is 12.0 Å². The smallest absolute Gasteiger partial charge is 0.344 e. The number of hydrogen-bond donors (Lipinski definition) is 0. The Kier molecular flexibility index (Phi) is 5.73. The second-order valence-electron chi connectivity index (χ2n) is 4.18. The van der Waals surface area contributed by atoms with Gasteiger partial charge < -0.3 is 9.47 Å². The lowest BCUT2D eigenvalue weighted by atomic mass is 10.0. The summed E-state index contributed by atoms with van der Waals surface area (Å²) in [7, 11) is 0. The molecule has 0 aromatic carbocycles. The summed E-state index contributed by atoms with van der Waals surface area (Å²) in [5.74, 6) is -0.313. The molecule has 106 valence electrons. The van der Waals surface area contributed by atoms with Crippen LogP contribution in [0.1, 0.15) is 29.3 Å². The zero-order chi connectivity index (χ0) is 15.1. The van der Waals surface area contributed by atoms with E-state index in [9.17, 15) is 10.1 Å². The normalized spacial score (nSPS) is 9.70. The number of hydrogen-bond acceptors (Lipinski definition) is 5. The molecule has 0 N–H and O–H groups in total. The van der Waals surface area contributed by atoms with Crippen LogP contribution in [-0.2, 0) is 16.0 Å². The number of aryl methyl sites for hydroxylation is 1. The van der Waals surface area contributed by atoms with E-state index in [1.807, 2.05) is 13.8 Å². The van der Waals surface area contributed by atoms with Gasteiger partial charge in [0, 0.05) is 5.69 Å². The van der Waals surface area contributed by atoms with E-state index in [0.717, 1.165) is 16.8 Å². The summed E-state index contributed by atoms with van der Waals surface area (Å²) >= 11 is 0. The first-order valence-electron chi connectivity index (χ1n) is 6.34. The van der Waals surface area contributed by atoms with Crippen molar-refractivity contribution in [1.82, 2.24) is 4.98 Å². The Morgan fingerprint density at radius 2 is 2.20 bits per heavy atom. The molecule has 0 atom stereocenters. The van der Waals surface area contributed by atoms with Gasteiger partial charge >= 0.3 is 5.97 Å². The highest BCUT2D eigenvalue weighted by molar-refractivity contribution is 5.71. The number of rotatable bonds is 6. The van der Waals surface area contributed by atoms with Crippen LogP contribution >= 0.6 is 0 Å². The number of nitrogens with zero attached hydrogens (tertiary/aromatic N) is 2. The van der Waals surface area contributed by atoms with Crippen LogP contribution in [0.2, 0.25) is 0 Å². The van der Waals surface area contributed by atoms with Gasteiger partial charge in [-0.3, -0.25) is 0 Å². The predicted molar refractivity (Wildman–Crippen MR) is 74.5 cm³/mol. The lowest BCUT2D eigenvalue weighted by Crippen LogP contribution is -2.16. The van der Waals surface area contributed by atoms with Gasteiger partial charge in [-0.25, -0.2) is 9.78 Å². The third-order valence-electron chi connectivity index (χ3n) is 2.84. The molecular formula is C15H18N2O3. The topological polar surface area (TPSA) is 72.2 Å². The molecule has 0 unspecified atom stereocenters.